The Morgan fingerprint density at radius 2 is 2.08 bits per heavy atom. The Morgan fingerprint density at radius 1 is 1.19 bits per heavy atom. The molecule has 0 saturated carbocycles. The predicted molar refractivity (Wildman–Crippen MR) is 95.2 cm³/mol. The van der Waals surface area contributed by atoms with Gasteiger partial charge in [0.2, 0.25) is 0 Å². The topological polar surface area (TPSA) is 81.7 Å². The van der Waals surface area contributed by atoms with E-state index in [1.165, 1.54) is 0 Å². The maximum atomic E-state index is 12.5. The molecule has 3 aromatic rings. The summed E-state index contributed by atoms with van der Waals surface area (Å²) in [5, 5.41) is 4.08. The zero-order valence-electron chi connectivity index (χ0n) is 14.9. The summed E-state index contributed by atoms with van der Waals surface area (Å²) in [7, 11) is 3.75. The van der Waals surface area contributed by atoms with E-state index in [0.717, 1.165) is 43.1 Å². The fraction of sp³-hybridized carbons (Fsp3) is 0.389. The fourth-order valence-corrected chi connectivity index (χ4v) is 3.38. The Hall–Kier alpha value is -3.03. The molecular formula is C18H21N7O. The second kappa shape index (κ2) is 6.70. The molecule has 134 valence electrons. The molecule has 0 radical (unpaired) electrons. The molecule has 4 rings (SSSR count). The second-order valence-electron chi connectivity index (χ2n) is 6.77. The number of carbonyl (C=O) groups is 1. The van der Waals surface area contributed by atoms with Crippen LogP contribution in [0.4, 0.5) is 0 Å². The zero-order chi connectivity index (χ0) is 18.1. The quantitative estimate of drug-likeness (QED) is 0.708. The van der Waals surface area contributed by atoms with E-state index in [1.54, 1.807) is 29.5 Å². The Kier molecular flexibility index (Phi) is 4.24. The fourth-order valence-electron chi connectivity index (χ4n) is 3.38. The van der Waals surface area contributed by atoms with Crippen LogP contribution in [-0.4, -0.2) is 53.2 Å². The van der Waals surface area contributed by atoms with E-state index in [-0.39, 0.29) is 5.91 Å². The maximum absolute atomic E-state index is 12.5. The second-order valence-corrected chi connectivity index (χ2v) is 6.77. The monoisotopic (exact) mass is 351 g/mol. The Balaban J connectivity index is 1.38. The lowest BCUT2D eigenvalue weighted by atomic mass is 10.0. The van der Waals surface area contributed by atoms with E-state index in [1.807, 2.05) is 36.0 Å². The largest absolute Gasteiger partial charge is 0.338 e. The summed E-state index contributed by atoms with van der Waals surface area (Å²) in [4.78, 5) is 27.7. The highest BCUT2D eigenvalue weighted by Crippen LogP contribution is 2.22. The number of nitrogens with zero attached hydrogens (tertiary/aromatic N) is 7. The third kappa shape index (κ3) is 3.22. The minimum atomic E-state index is 0.0526. The highest BCUT2D eigenvalue weighted by molar-refractivity contribution is 5.93. The summed E-state index contributed by atoms with van der Waals surface area (Å²) in [6.07, 6.45) is 12.4. The smallest absolute Gasteiger partial charge is 0.257 e. The molecule has 0 N–H and O–H groups in total. The molecule has 0 aliphatic carbocycles. The third-order valence-corrected chi connectivity index (χ3v) is 4.78. The molecule has 1 aliphatic heterocycles. The standard InChI is InChI=1S/C18H21N7O/c1-23-6-4-19-17(23)16-10-20-15(9-21-16)7-13-3-5-25(11-13)18(26)14-8-22-24(2)12-14/h4,6,8-10,12-13H,3,5,7,11H2,1-2H3. The molecule has 4 heterocycles. The summed E-state index contributed by atoms with van der Waals surface area (Å²) >= 11 is 0. The first-order valence-electron chi connectivity index (χ1n) is 8.66. The number of likely N-dealkylation sites (tertiary alicyclic amines) is 1. The predicted octanol–water partition coefficient (Wildman–Crippen LogP) is 1.32. The van der Waals surface area contributed by atoms with Crippen molar-refractivity contribution in [1.82, 2.24) is 34.2 Å². The van der Waals surface area contributed by atoms with Crippen LogP contribution in [0.2, 0.25) is 0 Å². The van der Waals surface area contributed by atoms with Gasteiger partial charge >= 0.3 is 0 Å². The van der Waals surface area contributed by atoms with Gasteiger partial charge in [-0.3, -0.25) is 14.5 Å². The first-order valence-corrected chi connectivity index (χ1v) is 8.66. The molecule has 1 atom stereocenters. The van der Waals surface area contributed by atoms with Gasteiger partial charge in [-0.25, -0.2) is 9.97 Å². The third-order valence-electron chi connectivity index (χ3n) is 4.78. The number of amides is 1. The molecular weight excluding hydrogens is 330 g/mol. The molecule has 8 heteroatoms. The van der Waals surface area contributed by atoms with Crippen molar-refractivity contribution in [2.24, 2.45) is 20.0 Å². The van der Waals surface area contributed by atoms with E-state index >= 15 is 0 Å². The maximum Gasteiger partial charge on any atom is 0.257 e. The van der Waals surface area contributed by atoms with E-state index in [4.69, 9.17) is 0 Å². The van der Waals surface area contributed by atoms with E-state index < -0.39 is 0 Å². The molecule has 0 aromatic carbocycles. The van der Waals surface area contributed by atoms with Crippen molar-refractivity contribution >= 4 is 5.91 Å². The van der Waals surface area contributed by atoms with E-state index in [2.05, 4.69) is 20.1 Å². The van der Waals surface area contributed by atoms with Gasteiger partial charge in [0.05, 0.1) is 23.7 Å². The number of imidazole rings is 1. The van der Waals surface area contributed by atoms with Gasteiger partial charge in [0, 0.05) is 52.0 Å². The minimum Gasteiger partial charge on any atom is -0.338 e. The van der Waals surface area contributed by atoms with Crippen molar-refractivity contribution in [2.45, 2.75) is 12.8 Å². The van der Waals surface area contributed by atoms with Crippen LogP contribution in [0.25, 0.3) is 11.5 Å². The van der Waals surface area contributed by atoms with Crippen molar-refractivity contribution in [1.29, 1.82) is 0 Å². The first-order chi connectivity index (χ1) is 12.6. The summed E-state index contributed by atoms with van der Waals surface area (Å²) in [5.74, 6) is 1.26. The highest BCUT2D eigenvalue weighted by Gasteiger charge is 2.28. The number of carbonyl (C=O) groups excluding carboxylic acids is 1. The summed E-state index contributed by atoms with van der Waals surface area (Å²) in [5.41, 5.74) is 2.36. The normalized spacial score (nSPS) is 17.0. The molecule has 3 aromatic heterocycles. The summed E-state index contributed by atoms with van der Waals surface area (Å²) in [6, 6.07) is 0. The van der Waals surface area contributed by atoms with Crippen molar-refractivity contribution < 1.29 is 4.79 Å². The van der Waals surface area contributed by atoms with Crippen LogP contribution < -0.4 is 0 Å². The molecule has 1 unspecified atom stereocenters. The van der Waals surface area contributed by atoms with E-state index in [0.29, 0.717) is 11.5 Å². The number of rotatable bonds is 4. The van der Waals surface area contributed by atoms with Crippen LogP contribution in [0.5, 0.6) is 0 Å². The molecule has 8 nitrogen and oxygen atoms in total. The Morgan fingerprint density at radius 3 is 2.73 bits per heavy atom. The average Bonchev–Trinajstić information content (AvgIpc) is 3.37. The Bertz CT molecular complexity index is 912. The van der Waals surface area contributed by atoms with Crippen molar-refractivity contribution in [3.63, 3.8) is 0 Å². The van der Waals surface area contributed by atoms with Crippen LogP contribution in [0, 0.1) is 5.92 Å². The molecule has 1 saturated heterocycles. The van der Waals surface area contributed by atoms with E-state index in [9.17, 15) is 4.79 Å². The number of aromatic nitrogens is 6. The lowest BCUT2D eigenvalue weighted by Gasteiger charge is -2.15. The van der Waals surface area contributed by atoms with Crippen LogP contribution in [-0.2, 0) is 20.5 Å². The van der Waals surface area contributed by atoms with Crippen molar-refractivity contribution in [3.8, 4) is 11.5 Å². The summed E-state index contributed by atoms with van der Waals surface area (Å²) in [6.45, 7) is 1.52. The number of aryl methyl sites for hydroxylation is 2. The van der Waals surface area contributed by atoms with Gasteiger partial charge in [-0.1, -0.05) is 0 Å². The van der Waals surface area contributed by atoms with Gasteiger partial charge < -0.3 is 9.47 Å². The highest BCUT2D eigenvalue weighted by atomic mass is 16.2. The van der Waals surface area contributed by atoms with Gasteiger partial charge in [-0.05, 0) is 18.8 Å². The lowest BCUT2D eigenvalue weighted by Crippen LogP contribution is -2.28. The van der Waals surface area contributed by atoms with Gasteiger partial charge in [-0.2, -0.15) is 5.10 Å². The van der Waals surface area contributed by atoms with Crippen LogP contribution >= 0.6 is 0 Å². The molecule has 0 spiro atoms. The minimum absolute atomic E-state index is 0.0526. The SMILES string of the molecule is Cn1cc(C(=O)N2CCC(Cc3cnc(-c4nccn4C)cn3)C2)cn1. The molecule has 1 amide bonds. The lowest BCUT2D eigenvalue weighted by molar-refractivity contribution is 0.0787. The molecule has 1 fully saturated rings. The first kappa shape index (κ1) is 16.4. The number of hydrogen-bond acceptors (Lipinski definition) is 5. The summed E-state index contributed by atoms with van der Waals surface area (Å²) < 4.78 is 3.57. The molecule has 26 heavy (non-hydrogen) atoms. The van der Waals surface area contributed by atoms with Gasteiger partial charge in [0.15, 0.2) is 5.82 Å². The number of hydrogen-bond donors (Lipinski definition) is 0. The Labute approximate surface area is 151 Å². The van der Waals surface area contributed by atoms with Gasteiger partial charge in [0.1, 0.15) is 5.69 Å². The van der Waals surface area contributed by atoms with Crippen molar-refractivity contribution in [3.05, 3.63) is 48.4 Å². The van der Waals surface area contributed by atoms with Crippen LogP contribution in [0.3, 0.4) is 0 Å². The average molecular weight is 351 g/mol. The molecule has 1 aliphatic rings. The van der Waals surface area contributed by atoms with Gasteiger partial charge in [-0.15, -0.1) is 0 Å². The van der Waals surface area contributed by atoms with Gasteiger partial charge in [0.25, 0.3) is 5.91 Å². The zero-order valence-corrected chi connectivity index (χ0v) is 14.9. The van der Waals surface area contributed by atoms with Crippen molar-refractivity contribution in [2.75, 3.05) is 13.1 Å². The van der Waals surface area contributed by atoms with Crippen LogP contribution in [0.15, 0.2) is 37.2 Å². The molecule has 0 bridgehead atoms. The van der Waals surface area contributed by atoms with Crippen LogP contribution in [0.1, 0.15) is 22.5 Å².